The third-order valence-corrected chi connectivity index (χ3v) is 65.7. The number of hydrogen-bond acceptors (Lipinski definition) is 21. The predicted octanol–water partition coefficient (Wildman–Crippen LogP) is 23.6. The number of ether oxygens (including phenoxy) is 2. The van der Waals surface area contributed by atoms with Gasteiger partial charge in [0.25, 0.3) is 0 Å². The summed E-state index contributed by atoms with van der Waals surface area (Å²) in [4.78, 5) is 53.2. The first-order valence-electron chi connectivity index (χ1n) is 42.3. The van der Waals surface area contributed by atoms with E-state index >= 15 is 0 Å². The number of fused-ring (bicyclic) bond motifs is 1. The van der Waals surface area contributed by atoms with Gasteiger partial charge >= 0.3 is 361 Å². The fourth-order valence-electron chi connectivity index (χ4n) is 15.1. The number of esters is 1. The molecule has 0 spiro atoms. The standard InChI is InChI=1S/C21H21BrClNO3S.C10H16BrN3S.2C10H16N3S.C7H16N2.6C4H9.C3HBr2NS.2Sn/c1-11-10-14-18(28-20(22)24-14)16(12-6-8-13(23)9-7-12)15(11)17(19(25)26-5)27-21(2,3)4;1-8(2)13-3-5-14(6-4-13)10-12-7-9(11)15-10;2*1-9(2)12-4-6-13(7-5-12)10-11-3-8-14-10;1-7(2)9-5-3-8-4-6-9;6*1-3-4-2;4-2-1-6-3(5)7-2;;/h6-10,17H,1-5H3;7-8H,3-6H2,1-2H3;2*3,9H,4-7H2,1-2H3;7-8H,3-6H2,1-2H3;6*1,3-4H2,2H3;1H;;/t17-;;;;;;;;;;;;;/m0............./s1. The van der Waals surface area contributed by atoms with Gasteiger partial charge in [-0.05, 0) is 148 Å². The predicted molar refractivity (Wildman–Crippen MR) is 515 cm³/mol. The molecule has 4 aliphatic heterocycles. The monoisotopic (exact) mass is 2140 g/mol. The second kappa shape index (κ2) is 52.7. The van der Waals surface area contributed by atoms with Crippen molar-refractivity contribution in [2.45, 2.75) is 264 Å². The Morgan fingerprint density at radius 1 is 0.504 bits per heavy atom. The Bertz CT molecular complexity index is 3620. The van der Waals surface area contributed by atoms with E-state index in [0.717, 1.165) is 124 Å². The average molecular weight is 2140 g/mol. The zero-order valence-electron chi connectivity index (χ0n) is 72.1. The molecule has 0 radical (unpaired) electrons. The minimum atomic E-state index is -2.29. The number of anilines is 3. The van der Waals surface area contributed by atoms with Crippen molar-refractivity contribution in [1.29, 1.82) is 0 Å². The fraction of sp³-hybridized carbons (Fsp3) is 0.694. The number of nitrogens with zero attached hydrogens (tertiary/aromatic N) is 12. The topological polar surface area (TPSA) is 135 Å². The van der Waals surface area contributed by atoms with Gasteiger partial charge in [0.2, 0.25) is 0 Å². The van der Waals surface area contributed by atoms with E-state index in [1.54, 1.807) is 61.3 Å². The van der Waals surface area contributed by atoms with Crippen molar-refractivity contribution >= 4 is 206 Å². The third-order valence-electron chi connectivity index (χ3n) is 22.0. The van der Waals surface area contributed by atoms with E-state index in [9.17, 15) is 4.79 Å². The van der Waals surface area contributed by atoms with Crippen LogP contribution in [0.3, 0.4) is 0 Å². The smallest absolute Gasteiger partial charge is 0.339 e. The maximum atomic E-state index is 12.7. The molecule has 4 saturated heterocycles. The number of benzene rings is 2. The molecule has 0 bridgehead atoms. The van der Waals surface area contributed by atoms with E-state index < -0.39 is 54.4 Å². The van der Waals surface area contributed by atoms with Crippen LogP contribution in [0.5, 0.6) is 0 Å². The van der Waals surface area contributed by atoms with Gasteiger partial charge in [-0.15, -0.1) is 22.7 Å². The maximum absolute atomic E-state index is 12.7. The second-order valence-corrected chi connectivity index (χ2v) is 71.9. The van der Waals surface area contributed by atoms with Crippen LogP contribution in [0.2, 0.25) is 31.6 Å². The number of rotatable bonds is 31. The zero-order chi connectivity index (χ0) is 82.8. The summed E-state index contributed by atoms with van der Waals surface area (Å²) in [5.74, 6) is -0.434. The summed E-state index contributed by atoms with van der Waals surface area (Å²) >= 11 is 23.9. The molecule has 0 amide bonds. The molecule has 0 saturated carbocycles. The summed E-state index contributed by atoms with van der Waals surface area (Å²) in [5, 5.41) is 7.76. The molecule has 4 fully saturated rings. The van der Waals surface area contributed by atoms with Gasteiger partial charge < -0.3 is 19.7 Å². The summed E-state index contributed by atoms with van der Waals surface area (Å²) in [5.41, 5.74) is 3.88. The molecule has 4 aliphatic rings. The zero-order valence-corrected chi connectivity index (χ0v) is 89.0. The van der Waals surface area contributed by atoms with Crippen molar-refractivity contribution in [2.24, 2.45) is 0 Å². The maximum Gasteiger partial charge on any atom is 0.339 e. The normalized spacial score (nSPS) is 16.0. The molecule has 28 heteroatoms. The first-order chi connectivity index (χ1) is 54.0. The van der Waals surface area contributed by atoms with Crippen LogP contribution in [-0.2, 0) is 14.3 Å². The Balaban J connectivity index is 0.000000223. The third kappa shape index (κ3) is 33.1. The van der Waals surface area contributed by atoms with Crippen molar-refractivity contribution < 1.29 is 14.3 Å². The van der Waals surface area contributed by atoms with E-state index in [1.807, 2.05) is 64.2 Å². The van der Waals surface area contributed by atoms with Crippen LogP contribution in [0.15, 0.2) is 70.5 Å². The summed E-state index contributed by atoms with van der Waals surface area (Å²) in [6, 6.07) is 12.3. The van der Waals surface area contributed by atoms with Crippen molar-refractivity contribution in [3.8, 4) is 11.1 Å². The number of hydrogen-bond donors (Lipinski definition) is 1. The SMILES string of the molecule is Brc1cnc(Br)s1.CC(C)N1CCN(c2ncc(Br)s2)CC1.CC(C)N1CCNCC1.CCC[CH2][Sn]([CH2]CCC)([CH2]CCC)[c]1cnc(N2CCN(C(C)C)CC2)s1.CCC[CH2][Sn]([CH2]CCC)([CH2]CCC)[c]1cnc(N2CCN(C(C)C)CC2)s1.COC(=O)[C@@H](OC(C)(C)C)c1c(C)cc2nc(Br)sc2c1-c1ccc(Cl)cc1. The number of piperazine rings is 4. The van der Waals surface area contributed by atoms with Gasteiger partial charge in [0.15, 0.2) is 19.1 Å². The molecule has 113 heavy (non-hydrogen) atoms. The summed E-state index contributed by atoms with van der Waals surface area (Å²) in [7, 11) is 1.38. The minimum Gasteiger partial charge on any atom is -0.467 e. The summed E-state index contributed by atoms with van der Waals surface area (Å²) in [6.07, 6.45) is 24.1. The second-order valence-electron chi connectivity index (χ2n) is 32.7. The Morgan fingerprint density at radius 3 is 1.18 bits per heavy atom. The molecule has 0 aliphatic carbocycles. The van der Waals surface area contributed by atoms with Crippen LogP contribution < -0.4 is 25.8 Å². The number of carbonyl (C=O) groups is 1. The van der Waals surface area contributed by atoms with Crippen LogP contribution >= 0.6 is 132 Å². The molecule has 1 N–H and O–H groups in total. The molecule has 9 heterocycles. The first kappa shape index (κ1) is 101. The van der Waals surface area contributed by atoms with Crippen molar-refractivity contribution in [1.82, 2.24) is 49.8 Å². The van der Waals surface area contributed by atoms with Crippen LogP contribution in [0, 0.1) is 6.92 Å². The Morgan fingerprint density at radius 2 is 0.867 bits per heavy atom. The van der Waals surface area contributed by atoms with Gasteiger partial charge in [-0.3, -0.25) is 9.80 Å². The Hall–Kier alpha value is -0.713. The van der Waals surface area contributed by atoms with Crippen LogP contribution in [0.1, 0.15) is 212 Å². The average Bonchev–Trinajstić information content (AvgIpc) is 1.50. The van der Waals surface area contributed by atoms with E-state index in [-0.39, 0.29) is 0 Å². The minimum absolute atomic E-state index is 0.434. The van der Waals surface area contributed by atoms with Gasteiger partial charge in [-0.25, -0.2) is 19.7 Å². The quantitative estimate of drug-likeness (QED) is 0.0326. The molecule has 1 atom stereocenters. The number of carbonyl (C=O) groups excluding carboxylic acids is 1. The Labute approximate surface area is 750 Å². The molecule has 11 rings (SSSR count). The Kier molecular flexibility index (Phi) is 47.1. The van der Waals surface area contributed by atoms with E-state index in [4.69, 9.17) is 31.0 Å². The van der Waals surface area contributed by atoms with Crippen molar-refractivity contribution in [3.63, 3.8) is 0 Å². The molecule has 16 nitrogen and oxygen atoms in total. The van der Waals surface area contributed by atoms with Crippen LogP contribution in [0.4, 0.5) is 15.4 Å². The fourth-order valence-corrected chi connectivity index (χ4v) is 59.5. The first-order valence-corrected chi connectivity index (χ1v) is 64.9. The van der Waals surface area contributed by atoms with Crippen molar-refractivity contribution in [3.05, 3.63) is 86.7 Å². The van der Waals surface area contributed by atoms with E-state index in [0.29, 0.717) is 23.1 Å². The molecule has 2 aromatic carbocycles. The number of thiazole rings is 5. The number of aromatic nitrogens is 5. The largest absolute Gasteiger partial charge is 0.467 e. The molecule has 0 unspecified atom stereocenters. The molecule has 5 aromatic heterocycles. The number of aryl methyl sites for hydroxylation is 1. The van der Waals surface area contributed by atoms with Crippen LogP contribution in [0.25, 0.3) is 21.3 Å². The number of nitrogens with one attached hydrogen (secondary N) is 1. The molecular formula is C85H140Br4ClN13O3S5Sn2. The summed E-state index contributed by atoms with van der Waals surface area (Å²) < 4.78 is 29.0. The van der Waals surface area contributed by atoms with E-state index in [2.05, 4.69) is 250 Å². The van der Waals surface area contributed by atoms with Crippen LogP contribution in [-0.4, -0.2) is 229 Å². The van der Waals surface area contributed by atoms with Gasteiger partial charge in [0.05, 0.1) is 42.9 Å². The van der Waals surface area contributed by atoms with Gasteiger partial charge in [-0.1, -0.05) is 35.1 Å². The van der Waals surface area contributed by atoms with Gasteiger partial charge in [-0.2, -0.15) is 0 Å². The summed E-state index contributed by atoms with van der Waals surface area (Å²) in [6.45, 7) is 58.8. The van der Waals surface area contributed by atoms with Gasteiger partial charge in [0.1, 0.15) is 0 Å². The number of unbranched alkanes of at least 4 members (excludes halogenated alkanes) is 6. The molecule has 636 valence electrons. The number of methoxy groups -OCH3 is 1. The molecule has 7 aromatic rings. The van der Waals surface area contributed by atoms with Crippen molar-refractivity contribution in [2.75, 3.05) is 127 Å². The number of halogens is 5. The molecular weight excluding hydrogens is 2000 g/mol. The van der Waals surface area contributed by atoms with Gasteiger partial charge in [0, 0.05) is 80.6 Å². The van der Waals surface area contributed by atoms with E-state index in [1.165, 1.54) is 145 Å².